The highest BCUT2D eigenvalue weighted by molar-refractivity contribution is 9.10. The Morgan fingerprint density at radius 1 is 1.15 bits per heavy atom. The summed E-state index contributed by atoms with van der Waals surface area (Å²) < 4.78 is 16.8. The standard InChI is InChI=1S/C13H6BrCl2FN2S/c14-6-1-2-9(17)11(3-6)19-12-5-8(16)7(15)4-10(12)18-13(19)20/h1-5H,(H,18,20). The van der Waals surface area contributed by atoms with E-state index in [0.717, 1.165) is 4.47 Å². The lowest BCUT2D eigenvalue weighted by molar-refractivity contribution is 0.618. The number of benzene rings is 2. The molecule has 7 heteroatoms. The highest BCUT2D eigenvalue weighted by atomic mass is 79.9. The molecule has 0 amide bonds. The summed E-state index contributed by atoms with van der Waals surface area (Å²) in [5.41, 5.74) is 1.71. The van der Waals surface area contributed by atoms with Gasteiger partial charge in [0.2, 0.25) is 0 Å². The van der Waals surface area contributed by atoms with Crippen molar-refractivity contribution in [1.82, 2.24) is 9.55 Å². The fraction of sp³-hybridized carbons (Fsp3) is 0. The van der Waals surface area contributed by atoms with Gasteiger partial charge in [0.15, 0.2) is 4.77 Å². The summed E-state index contributed by atoms with van der Waals surface area (Å²) in [6, 6.07) is 7.98. The molecule has 0 aliphatic heterocycles. The van der Waals surface area contributed by atoms with E-state index in [4.69, 9.17) is 35.4 Å². The molecule has 0 unspecified atom stereocenters. The van der Waals surface area contributed by atoms with E-state index in [9.17, 15) is 4.39 Å². The Morgan fingerprint density at radius 3 is 2.60 bits per heavy atom. The lowest BCUT2D eigenvalue weighted by Gasteiger charge is -2.07. The summed E-state index contributed by atoms with van der Waals surface area (Å²) in [4.78, 5) is 2.99. The van der Waals surface area contributed by atoms with Gasteiger partial charge in [0.1, 0.15) is 5.82 Å². The van der Waals surface area contributed by atoms with Crippen LogP contribution >= 0.6 is 51.3 Å². The van der Waals surface area contributed by atoms with Crippen molar-refractivity contribution in [3.8, 4) is 5.69 Å². The number of aromatic nitrogens is 2. The third-order valence-corrected chi connectivity index (χ3v) is 4.37. The Morgan fingerprint density at radius 2 is 1.85 bits per heavy atom. The number of fused-ring (bicyclic) bond motifs is 1. The molecule has 0 saturated heterocycles. The first-order chi connectivity index (χ1) is 9.47. The van der Waals surface area contributed by atoms with Crippen LogP contribution in [0.15, 0.2) is 34.8 Å². The van der Waals surface area contributed by atoms with Gasteiger partial charge in [0, 0.05) is 4.47 Å². The van der Waals surface area contributed by atoms with E-state index in [0.29, 0.717) is 31.5 Å². The first-order valence-corrected chi connectivity index (χ1v) is 7.48. The molecule has 0 aliphatic carbocycles. The van der Waals surface area contributed by atoms with Gasteiger partial charge in [-0.15, -0.1) is 0 Å². The van der Waals surface area contributed by atoms with Gasteiger partial charge >= 0.3 is 0 Å². The Labute approximate surface area is 137 Å². The molecule has 0 atom stereocenters. The van der Waals surface area contributed by atoms with Crippen molar-refractivity contribution in [2.24, 2.45) is 0 Å². The molecule has 3 aromatic rings. The second-order valence-corrected chi connectivity index (χ2v) is 6.26. The zero-order chi connectivity index (χ0) is 14.4. The summed E-state index contributed by atoms with van der Waals surface area (Å²) >= 11 is 20.6. The Hall–Kier alpha value is -0.880. The fourth-order valence-electron chi connectivity index (χ4n) is 2.00. The van der Waals surface area contributed by atoms with Crippen molar-refractivity contribution in [3.63, 3.8) is 0 Å². The SMILES string of the molecule is Fc1ccc(Br)cc1-n1c(=S)[nH]c2cc(Cl)c(Cl)cc21. The van der Waals surface area contributed by atoms with E-state index in [-0.39, 0.29) is 5.82 Å². The van der Waals surface area contributed by atoms with Gasteiger partial charge in [0.05, 0.1) is 26.8 Å². The lowest BCUT2D eigenvalue weighted by atomic mass is 10.2. The van der Waals surface area contributed by atoms with Gasteiger partial charge < -0.3 is 4.98 Å². The average molecular weight is 392 g/mol. The smallest absolute Gasteiger partial charge is 0.182 e. The highest BCUT2D eigenvalue weighted by Gasteiger charge is 2.13. The molecule has 1 aromatic heterocycles. The molecular weight excluding hydrogens is 386 g/mol. The van der Waals surface area contributed by atoms with Gasteiger partial charge in [-0.3, -0.25) is 4.57 Å². The maximum atomic E-state index is 14.1. The summed E-state index contributed by atoms with van der Waals surface area (Å²) in [7, 11) is 0. The molecule has 0 aliphatic rings. The molecule has 102 valence electrons. The quantitative estimate of drug-likeness (QED) is 0.512. The third-order valence-electron chi connectivity index (χ3n) is 2.87. The minimum absolute atomic E-state index is 0.342. The number of imidazole rings is 1. The predicted octanol–water partition coefficient (Wildman–Crippen LogP) is 5.90. The largest absolute Gasteiger partial charge is 0.330 e. The number of nitrogens with one attached hydrogen (secondary N) is 1. The van der Waals surface area contributed by atoms with Crippen LogP contribution in [0, 0.1) is 10.6 Å². The zero-order valence-corrected chi connectivity index (χ0v) is 13.7. The Kier molecular flexibility index (Phi) is 3.62. The van der Waals surface area contributed by atoms with Crippen molar-refractivity contribution in [1.29, 1.82) is 0 Å². The van der Waals surface area contributed by atoms with E-state index >= 15 is 0 Å². The van der Waals surface area contributed by atoms with Crippen LogP contribution in [0.25, 0.3) is 16.7 Å². The van der Waals surface area contributed by atoms with Crippen molar-refractivity contribution in [3.05, 3.63) is 55.4 Å². The number of aromatic amines is 1. The number of H-pyrrole nitrogens is 1. The van der Waals surface area contributed by atoms with Crippen LogP contribution in [-0.2, 0) is 0 Å². The molecule has 0 bridgehead atoms. The van der Waals surface area contributed by atoms with E-state index < -0.39 is 0 Å². The van der Waals surface area contributed by atoms with E-state index in [1.807, 2.05) is 0 Å². The molecular formula is C13H6BrCl2FN2S. The van der Waals surface area contributed by atoms with Crippen molar-refractivity contribution >= 4 is 62.4 Å². The molecule has 1 heterocycles. The van der Waals surface area contributed by atoms with Gasteiger partial charge in [0.25, 0.3) is 0 Å². The Balaban J connectivity index is 2.42. The second-order valence-electron chi connectivity index (χ2n) is 4.14. The highest BCUT2D eigenvalue weighted by Crippen LogP contribution is 2.30. The number of rotatable bonds is 1. The fourth-order valence-corrected chi connectivity index (χ4v) is 2.98. The van der Waals surface area contributed by atoms with E-state index in [2.05, 4.69) is 20.9 Å². The van der Waals surface area contributed by atoms with Gasteiger partial charge in [-0.25, -0.2) is 4.39 Å². The minimum atomic E-state index is -0.378. The first-order valence-electron chi connectivity index (χ1n) is 5.52. The van der Waals surface area contributed by atoms with Crippen molar-refractivity contribution in [2.45, 2.75) is 0 Å². The van der Waals surface area contributed by atoms with Crippen LogP contribution in [0.4, 0.5) is 4.39 Å². The predicted molar refractivity (Wildman–Crippen MR) is 86.1 cm³/mol. The van der Waals surface area contributed by atoms with Gasteiger partial charge in [-0.05, 0) is 42.5 Å². The van der Waals surface area contributed by atoms with Crippen LogP contribution in [0.3, 0.4) is 0 Å². The molecule has 20 heavy (non-hydrogen) atoms. The maximum absolute atomic E-state index is 14.1. The average Bonchev–Trinajstić information content (AvgIpc) is 2.69. The van der Waals surface area contributed by atoms with E-state index in [1.54, 1.807) is 28.8 Å². The third kappa shape index (κ3) is 2.29. The van der Waals surface area contributed by atoms with Gasteiger partial charge in [-0.2, -0.15) is 0 Å². The Bertz CT molecular complexity index is 888. The van der Waals surface area contributed by atoms with Crippen molar-refractivity contribution < 1.29 is 4.39 Å². The molecule has 0 fully saturated rings. The molecule has 0 radical (unpaired) electrons. The normalized spacial score (nSPS) is 11.2. The molecule has 2 aromatic carbocycles. The van der Waals surface area contributed by atoms with Crippen LogP contribution in [0.2, 0.25) is 10.0 Å². The van der Waals surface area contributed by atoms with Crippen LogP contribution in [-0.4, -0.2) is 9.55 Å². The maximum Gasteiger partial charge on any atom is 0.182 e. The minimum Gasteiger partial charge on any atom is -0.330 e. The van der Waals surface area contributed by atoms with Crippen molar-refractivity contribution in [2.75, 3.05) is 0 Å². The second kappa shape index (κ2) is 5.15. The monoisotopic (exact) mass is 390 g/mol. The summed E-state index contributed by atoms with van der Waals surface area (Å²) in [6.45, 7) is 0. The molecule has 3 rings (SSSR count). The first kappa shape index (κ1) is 14.1. The van der Waals surface area contributed by atoms with Gasteiger partial charge in [-0.1, -0.05) is 39.1 Å². The number of hydrogen-bond acceptors (Lipinski definition) is 1. The zero-order valence-electron chi connectivity index (χ0n) is 9.75. The molecule has 2 nitrogen and oxygen atoms in total. The number of hydrogen-bond donors (Lipinski definition) is 1. The van der Waals surface area contributed by atoms with Crippen LogP contribution in [0.1, 0.15) is 0 Å². The van der Waals surface area contributed by atoms with Crippen LogP contribution in [0.5, 0.6) is 0 Å². The van der Waals surface area contributed by atoms with Crippen LogP contribution < -0.4 is 0 Å². The lowest BCUT2D eigenvalue weighted by Crippen LogP contribution is -1.97. The summed E-state index contributed by atoms with van der Waals surface area (Å²) in [5.74, 6) is -0.378. The van der Waals surface area contributed by atoms with E-state index in [1.165, 1.54) is 6.07 Å². The number of halogens is 4. The topological polar surface area (TPSA) is 20.7 Å². The molecule has 0 saturated carbocycles. The number of nitrogens with zero attached hydrogens (tertiary/aromatic N) is 1. The molecule has 0 spiro atoms. The molecule has 1 N–H and O–H groups in total. The summed E-state index contributed by atoms with van der Waals surface area (Å²) in [6.07, 6.45) is 0. The summed E-state index contributed by atoms with van der Waals surface area (Å²) in [5, 5.41) is 0.801.